The second kappa shape index (κ2) is 6.22. The first-order chi connectivity index (χ1) is 10.6. The summed E-state index contributed by atoms with van der Waals surface area (Å²) in [7, 11) is 0. The Bertz CT molecular complexity index is 695. The van der Waals surface area contributed by atoms with Crippen molar-refractivity contribution in [3.63, 3.8) is 0 Å². The third-order valence-corrected chi connectivity index (χ3v) is 4.37. The number of carbonyl (C=O) groups is 2. The zero-order valence-electron chi connectivity index (χ0n) is 12.0. The van der Waals surface area contributed by atoms with Crippen LogP contribution in [0.3, 0.4) is 0 Å². The molecule has 1 unspecified atom stereocenters. The molecule has 1 saturated heterocycles. The quantitative estimate of drug-likeness (QED) is 0.860. The predicted octanol–water partition coefficient (Wildman–Crippen LogP) is 0.758. The van der Waals surface area contributed by atoms with Crippen molar-refractivity contribution in [3.05, 3.63) is 27.8 Å². The van der Waals surface area contributed by atoms with Gasteiger partial charge < -0.3 is 15.2 Å². The highest BCUT2D eigenvalue weighted by molar-refractivity contribution is 7.11. The van der Waals surface area contributed by atoms with E-state index in [0.717, 1.165) is 6.42 Å². The van der Waals surface area contributed by atoms with Gasteiger partial charge in [-0.3, -0.25) is 9.59 Å². The zero-order valence-corrected chi connectivity index (χ0v) is 12.8. The van der Waals surface area contributed by atoms with Crippen molar-refractivity contribution < 1.29 is 14.1 Å². The minimum Gasteiger partial charge on any atom is -0.356 e. The van der Waals surface area contributed by atoms with Crippen LogP contribution in [0.25, 0.3) is 0 Å². The molecule has 22 heavy (non-hydrogen) atoms. The molecule has 9 heteroatoms. The van der Waals surface area contributed by atoms with Crippen molar-refractivity contribution in [2.75, 3.05) is 6.54 Å². The van der Waals surface area contributed by atoms with Crippen LogP contribution in [0.1, 0.15) is 45.8 Å². The zero-order chi connectivity index (χ0) is 15.5. The van der Waals surface area contributed by atoms with Gasteiger partial charge in [-0.1, -0.05) is 5.16 Å². The summed E-state index contributed by atoms with van der Waals surface area (Å²) in [6, 6.07) is 0. The lowest BCUT2D eigenvalue weighted by Gasteiger charge is -2.18. The van der Waals surface area contributed by atoms with Gasteiger partial charge in [-0.25, -0.2) is 4.98 Å². The third kappa shape index (κ3) is 3.14. The summed E-state index contributed by atoms with van der Waals surface area (Å²) in [6.45, 7) is 2.56. The van der Waals surface area contributed by atoms with Crippen LogP contribution in [0.4, 0.5) is 0 Å². The maximum atomic E-state index is 12.0. The Hall–Kier alpha value is -2.29. The van der Waals surface area contributed by atoms with Crippen molar-refractivity contribution >= 4 is 23.2 Å². The SMILES string of the molecule is Cc1ncsc1C(=O)NCc1nc(C2CCNC(=O)C2)no1. The monoisotopic (exact) mass is 321 g/mol. The first kappa shape index (κ1) is 14.6. The van der Waals surface area contributed by atoms with Crippen molar-refractivity contribution in [3.8, 4) is 0 Å². The molecule has 1 aliphatic rings. The first-order valence-corrected chi connectivity index (χ1v) is 7.79. The van der Waals surface area contributed by atoms with E-state index in [1.165, 1.54) is 11.3 Å². The summed E-state index contributed by atoms with van der Waals surface area (Å²) >= 11 is 1.29. The molecular formula is C13H15N5O3S. The van der Waals surface area contributed by atoms with E-state index >= 15 is 0 Å². The molecule has 116 valence electrons. The fourth-order valence-corrected chi connectivity index (χ4v) is 2.98. The Morgan fingerprint density at radius 1 is 1.59 bits per heavy atom. The number of piperidine rings is 1. The van der Waals surface area contributed by atoms with Gasteiger partial charge in [-0.2, -0.15) is 4.98 Å². The number of hydrogen-bond acceptors (Lipinski definition) is 7. The molecule has 0 aromatic carbocycles. The van der Waals surface area contributed by atoms with E-state index in [0.29, 0.717) is 35.3 Å². The van der Waals surface area contributed by atoms with Gasteiger partial charge in [0.05, 0.1) is 17.7 Å². The molecule has 0 spiro atoms. The molecular weight excluding hydrogens is 306 g/mol. The molecule has 1 aliphatic heterocycles. The summed E-state index contributed by atoms with van der Waals surface area (Å²) in [4.78, 5) is 32.2. The lowest BCUT2D eigenvalue weighted by atomic mass is 9.97. The molecule has 0 radical (unpaired) electrons. The fraction of sp³-hybridized carbons (Fsp3) is 0.462. The lowest BCUT2D eigenvalue weighted by molar-refractivity contribution is -0.122. The van der Waals surface area contributed by atoms with Crippen molar-refractivity contribution in [2.24, 2.45) is 0 Å². The van der Waals surface area contributed by atoms with Crippen LogP contribution in [0, 0.1) is 6.92 Å². The normalized spacial score (nSPS) is 18.0. The average molecular weight is 321 g/mol. The van der Waals surface area contributed by atoms with Crippen molar-refractivity contribution in [2.45, 2.75) is 32.2 Å². The minimum atomic E-state index is -0.211. The molecule has 2 aromatic rings. The molecule has 1 atom stereocenters. The van der Waals surface area contributed by atoms with Gasteiger partial charge >= 0.3 is 0 Å². The van der Waals surface area contributed by atoms with Crippen LogP contribution in [0.15, 0.2) is 10.0 Å². The molecule has 2 amide bonds. The van der Waals surface area contributed by atoms with Crippen LogP contribution in [0.2, 0.25) is 0 Å². The van der Waals surface area contributed by atoms with E-state index in [4.69, 9.17) is 4.52 Å². The van der Waals surface area contributed by atoms with Gasteiger partial charge in [0, 0.05) is 18.9 Å². The van der Waals surface area contributed by atoms with Gasteiger partial charge in [-0.05, 0) is 13.3 Å². The highest BCUT2D eigenvalue weighted by atomic mass is 32.1. The number of aromatic nitrogens is 3. The number of hydrogen-bond donors (Lipinski definition) is 2. The molecule has 8 nitrogen and oxygen atoms in total. The van der Waals surface area contributed by atoms with Gasteiger partial charge in [0.2, 0.25) is 11.8 Å². The maximum Gasteiger partial charge on any atom is 0.263 e. The Balaban J connectivity index is 1.59. The second-order valence-electron chi connectivity index (χ2n) is 5.04. The first-order valence-electron chi connectivity index (χ1n) is 6.91. The lowest BCUT2D eigenvalue weighted by Crippen LogP contribution is -2.32. The summed E-state index contributed by atoms with van der Waals surface area (Å²) in [5.74, 6) is 0.614. The Kier molecular flexibility index (Phi) is 4.14. The molecule has 2 aromatic heterocycles. The van der Waals surface area contributed by atoms with Crippen molar-refractivity contribution in [1.29, 1.82) is 0 Å². The topological polar surface area (TPSA) is 110 Å². The number of nitrogens with zero attached hydrogens (tertiary/aromatic N) is 3. The summed E-state index contributed by atoms with van der Waals surface area (Å²) in [5.41, 5.74) is 2.32. The van der Waals surface area contributed by atoms with Crippen LogP contribution in [0.5, 0.6) is 0 Å². The summed E-state index contributed by atoms with van der Waals surface area (Å²) in [5, 5.41) is 9.39. The van der Waals surface area contributed by atoms with Crippen molar-refractivity contribution in [1.82, 2.24) is 25.8 Å². The number of carbonyl (C=O) groups excluding carboxylic acids is 2. The van der Waals surface area contributed by atoms with E-state index in [1.807, 2.05) is 0 Å². The highest BCUT2D eigenvalue weighted by Gasteiger charge is 2.25. The molecule has 3 rings (SSSR count). The van der Waals surface area contributed by atoms with Crippen LogP contribution < -0.4 is 10.6 Å². The molecule has 3 heterocycles. The molecule has 0 bridgehead atoms. The van der Waals surface area contributed by atoms with E-state index < -0.39 is 0 Å². The van der Waals surface area contributed by atoms with Crippen LogP contribution in [-0.4, -0.2) is 33.5 Å². The number of thiazole rings is 1. The summed E-state index contributed by atoms with van der Waals surface area (Å²) in [6.07, 6.45) is 1.16. The standard InChI is InChI=1S/C13H15N5O3S/c1-7-11(22-6-16-7)13(20)15-5-10-17-12(18-21-10)8-2-3-14-9(19)4-8/h6,8H,2-5H2,1H3,(H,14,19)(H,15,20). The van der Waals surface area contributed by atoms with E-state index in [9.17, 15) is 9.59 Å². The largest absolute Gasteiger partial charge is 0.356 e. The third-order valence-electron chi connectivity index (χ3n) is 3.45. The van der Waals surface area contributed by atoms with E-state index in [2.05, 4.69) is 25.8 Å². The Morgan fingerprint density at radius 2 is 2.45 bits per heavy atom. The smallest absolute Gasteiger partial charge is 0.263 e. The summed E-state index contributed by atoms with van der Waals surface area (Å²) < 4.78 is 5.13. The molecule has 0 saturated carbocycles. The van der Waals surface area contributed by atoms with Gasteiger partial charge in [0.1, 0.15) is 4.88 Å². The maximum absolute atomic E-state index is 12.0. The Morgan fingerprint density at radius 3 is 3.18 bits per heavy atom. The predicted molar refractivity (Wildman–Crippen MR) is 77.3 cm³/mol. The van der Waals surface area contributed by atoms with Gasteiger partial charge in [0.15, 0.2) is 5.82 Å². The average Bonchev–Trinajstić information content (AvgIpc) is 3.14. The second-order valence-corrected chi connectivity index (χ2v) is 5.89. The van der Waals surface area contributed by atoms with E-state index in [-0.39, 0.29) is 24.3 Å². The molecule has 2 N–H and O–H groups in total. The minimum absolute atomic E-state index is 0.00317. The number of aryl methyl sites for hydroxylation is 1. The number of amides is 2. The van der Waals surface area contributed by atoms with Gasteiger partial charge in [0.25, 0.3) is 5.91 Å². The van der Waals surface area contributed by atoms with E-state index in [1.54, 1.807) is 12.4 Å². The number of rotatable bonds is 4. The number of nitrogens with one attached hydrogen (secondary N) is 2. The van der Waals surface area contributed by atoms with Crippen LogP contribution >= 0.6 is 11.3 Å². The highest BCUT2D eigenvalue weighted by Crippen LogP contribution is 2.23. The molecule has 0 aliphatic carbocycles. The van der Waals surface area contributed by atoms with Crippen LogP contribution in [-0.2, 0) is 11.3 Å². The molecule has 1 fully saturated rings. The fourth-order valence-electron chi connectivity index (χ4n) is 2.27. The Labute approximate surface area is 130 Å². The van der Waals surface area contributed by atoms with Gasteiger partial charge in [-0.15, -0.1) is 11.3 Å².